The smallest absolute Gasteiger partial charge is 0.256 e. The van der Waals surface area contributed by atoms with Crippen LogP contribution in [0.4, 0.5) is 0 Å². The Hall–Kier alpha value is -2.10. The van der Waals surface area contributed by atoms with Gasteiger partial charge in [-0.3, -0.25) is 4.79 Å². The molecule has 4 nitrogen and oxygen atoms in total. The molecule has 0 saturated heterocycles. The number of rotatable bonds is 1. The minimum absolute atomic E-state index is 0.0180. The molecule has 1 aliphatic carbocycles. The molecule has 0 saturated carbocycles. The molecular weight excluding hydrogens is 214 g/mol. The van der Waals surface area contributed by atoms with Crippen molar-refractivity contribution in [3.05, 3.63) is 46.7 Å². The van der Waals surface area contributed by atoms with Crippen LogP contribution in [0.5, 0.6) is 0 Å². The number of nitrogens with one attached hydrogen (secondary N) is 2. The summed E-state index contributed by atoms with van der Waals surface area (Å²) >= 11 is 0. The monoisotopic (exact) mass is 227 g/mol. The standard InChI is InChI=1S/C13H13N3O/c1-8-2-3-10-11(5-9-6-14-7-15-9)13(17)16-12(10)4-8/h4-7H,2-3H2,1H3,(H,14,15)(H,16,17)/b11-5-. The van der Waals surface area contributed by atoms with Gasteiger partial charge in [0.1, 0.15) is 0 Å². The molecule has 0 bridgehead atoms. The molecule has 4 heteroatoms. The number of carbonyl (C=O) groups excluding carboxylic acids is 1. The second-order valence-corrected chi connectivity index (χ2v) is 4.40. The molecule has 1 aromatic heterocycles. The van der Waals surface area contributed by atoms with Crippen molar-refractivity contribution in [2.45, 2.75) is 19.8 Å². The lowest BCUT2D eigenvalue weighted by atomic mass is 9.93. The normalized spacial score (nSPS) is 21.6. The molecule has 0 spiro atoms. The number of aromatic amines is 1. The Labute approximate surface area is 99.1 Å². The molecule has 1 amide bonds. The summed E-state index contributed by atoms with van der Waals surface area (Å²) in [5, 5.41) is 2.91. The first-order valence-corrected chi connectivity index (χ1v) is 5.66. The quantitative estimate of drug-likeness (QED) is 0.720. The summed E-state index contributed by atoms with van der Waals surface area (Å²) in [6.45, 7) is 2.09. The van der Waals surface area contributed by atoms with Crippen molar-refractivity contribution in [2.24, 2.45) is 0 Å². The molecule has 3 rings (SSSR count). The Morgan fingerprint density at radius 2 is 2.29 bits per heavy atom. The Morgan fingerprint density at radius 3 is 3.06 bits per heavy atom. The summed E-state index contributed by atoms with van der Waals surface area (Å²) < 4.78 is 0. The SMILES string of the molecule is CC1=CC2=C(CC1)/C(=C/c1cnc[nH]1)C(=O)N2. The van der Waals surface area contributed by atoms with Gasteiger partial charge in [-0.2, -0.15) is 0 Å². The number of amides is 1. The van der Waals surface area contributed by atoms with Gasteiger partial charge in [0.05, 0.1) is 18.2 Å². The number of hydrogen-bond donors (Lipinski definition) is 2. The minimum Gasteiger partial charge on any atom is -0.345 e. The van der Waals surface area contributed by atoms with Crippen molar-refractivity contribution in [3.8, 4) is 0 Å². The van der Waals surface area contributed by atoms with Crippen molar-refractivity contribution in [1.82, 2.24) is 15.3 Å². The van der Waals surface area contributed by atoms with Crippen LogP contribution < -0.4 is 5.32 Å². The van der Waals surface area contributed by atoms with Crippen molar-refractivity contribution in [2.75, 3.05) is 0 Å². The topological polar surface area (TPSA) is 57.8 Å². The van der Waals surface area contributed by atoms with Gasteiger partial charge in [0.15, 0.2) is 0 Å². The van der Waals surface area contributed by atoms with Crippen LogP contribution in [0.15, 0.2) is 41.0 Å². The molecule has 0 unspecified atom stereocenters. The average molecular weight is 227 g/mol. The van der Waals surface area contributed by atoms with Crippen molar-refractivity contribution < 1.29 is 4.79 Å². The van der Waals surface area contributed by atoms with Crippen LogP contribution in [0, 0.1) is 0 Å². The highest BCUT2D eigenvalue weighted by Gasteiger charge is 2.27. The van der Waals surface area contributed by atoms with Gasteiger partial charge in [0, 0.05) is 11.3 Å². The second kappa shape index (κ2) is 3.73. The van der Waals surface area contributed by atoms with Crippen LogP contribution in [-0.2, 0) is 4.79 Å². The largest absolute Gasteiger partial charge is 0.345 e. The molecular formula is C13H13N3O. The highest BCUT2D eigenvalue weighted by Crippen LogP contribution is 2.32. The average Bonchev–Trinajstić information content (AvgIpc) is 2.88. The summed E-state index contributed by atoms with van der Waals surface area (Å²) in [6, 6.07) is 0. The highest BCUT2D eigenvalue weighted by atomic mass is 16.1. The predicted molar refractivity (Wildman–Crippen MR) is 64.7 cm³/mol. The molecule has 0 aromatic carbocycles. The Bertz CT molecular complexity index is 561. The van der Waals surface area contributed by atoms with Gasteiger partial charge in [-0.1, -0.05) is 5.57 Å². The van der Waals surface area contributed by atoms with Crippen LogP contribution >= 0.6 is 0 Å². The number of nitrogens with zero attached hydrogens (tertiary/aromatic N) is 1. The zero-order valence-electron chi connectivity index (χ0n) is 9.58. The summed E-state index contributed by atoms with van der Waals surface area (Å²) in [5.41, 5.74) is 5.01. The third kappa shape index (κ3) is 1.71. The lowest BCUT2D eigenvalue weighted by molar-refractivity contribution is -0.115. The zero-order chi connectivity index (χ0) is 11.8. The van der Waals surface area contributed by atoms with Crippen LogP contribution in [-0.4, -0.2) is 15.9 Å². The molecule has 2 aliphatic rings. The van der Waals surface area contributed by atoms with Gasteiger partial charge in [0.25, 0.3) is 5.91 Å². The Morgan fingerprint density at radius 1 is 1.41 bits per heavy atom. The van der Waals surface area contributed by atoms with E-state index in [0.717, 1.165) is 35.4 Å². The lowest BCUT2D eigenvalue weighted by Gasteiger charge is -2.11. The Balaban J connectivity index is 2.03. The van der Waals surface area contributed by atoms with E-state index in [4.69, 9.17) is 0 Å². The molecule has 1 aromatic rings. The fraction of sp³-hybridized carbons (Fsp3) is 0.231. The zero-order valence-corrected chi connectivity index (χ0v) is 9.58. The predicted octanol–water partition coefficient (Wildman–Crippen LogP) is 1.92. The van der Waals surface area contributed by atoms with E-state index in [0.29, 0.717) is 0 Å². The molecule has 0 fully saturated rings. The number of aromatic nitrogens is 2. The number of H-pyrrole nitrogens is 1. The van der Waals surface area contributed by atoms with Gasteiger partial charge in [-0.15, -0.1) is 0 Å². The van der Waals surface area contributed by atoms with E-state index < -0.39 is 0 Å². The number of imidazole rings is 1. The van der Waals surface area contributed by atoms with Crippen molar-refractivity contribution >= 4 is 12.0 Å². The van der Waals surface area contributed by atoms with E-state index in [2.05, 4.69) is 28.3 Å². The first kappa shape index (κ1) is 10.1. The van der Waals surface area contributed by atoms with Crippen molar-refractivity contribution in [1.29, 1.82) is 0 Å². The van der Waals surface area contributed by atoms with E-state index in [1.807, 2.05) is 6.08 Å². The van der Waals surface area contributed by atoms with Crippen LogP contribution in [0.25, 0.3) is 6.08 Å². The molecule has 2 heterocycles. The summed E-state index contributed by atoms with van der Waals surface area (Å²) in [4.78, 5) is 18.8. The minimum atomic E-state index is -0.0180. The number of carbonyl (C=O) groups is 1. The number of allylic oxidation sites excluding steroid dienone is 2. The molecule has 0 atom stereocenters. The highest BCUT2D eigenvalue weighted by molar-refractivity contribution is 6.06. The maximum atomic E-state index is 11.9. The fourth-order valence-corrected chi connectivity index (χ4v) is 2.23. The maximum absolute atomic E-state index is 11.9. The second-order valence-electron chi connectivity index (χ2n) is 4.40. The summed E-state index contributed by atoms with van der Waals surface area (Å²) in [6.07, 6.45) is 9.19. The maximum Gasteiger partial charge on any atom is 0.256 e. The van der Waals surface area contributed by atoms with Gasteiger partial charge >= 0.3 is 0 Å². The molecule has 0 radical (unpaired) electrons. The molecule has 2 N–H and O–H groups in total. The van der Waals surface area contributed by atoms with Crippen LogP contribution in [0.1, 0.15) is 25.5 Å². The molecule has 17 heavy (non-hydrogen) atoms. The molecule has 1 aliphatic heterocycles. The molecule has 86 valence electrons. The third-order valence-electron chi connectivity index (χ3n) is 3.12. The van der Waals surface area contributed by atoms with Gasteiger partial charge in [-0.25, -0.2) is 4.98 Å². The first-order valence-electron chi connectivity index (χ1n) is 5.66. The summed E-state index contributed by atoms with van der Waals surface area (Å²) in [5.74, 6) is -0.0180. The number of hydrogen-bond acceptors (Lipinski definition) is 2. The Kier molecular flexibility index (Phi) is 2.21. The van der Waals surface area contributed by atoms with Gasteiger partial charge < -0.3 is 10.3 Å². The third-order valence-corrected chi connectivity index (χ3v) is 3.12. The lowest BCUT2D eigenvalue weighted by Crippen LogP contribution is -2.15. The van der Waals surface area contributed by atoms with Crippen molar-refractivity contribution in [3.63, 3.8) is 0 Å². The first-order chi connectivity index (χ1) is 8.24. The summed E-state index contributed by atoms with van der Waals surface area (Å²) in [7, 11) is 0. The van der Waals surface area contributed by atoms with Crippen LogP contribution in [0.2, 0.25) is 0 Å². The van der Waals surface area contributed by atoms with Gasteiger partial charge in [-0.05, 0) is 37.5 Å². The van der Waals surface area contributed by atoms with E-state index in [1.165, 1.54) is 5.57 Å². The van der Waals surface area contributed by atoms with E-state index in [-0.39, 0.29) is 5.91 Å². The van der Waals surface area contributed by atoms with E-state index >= 15 is 0 Å². The van der Waals surface area contributed by atoms with E-state index in [1.54, 1.807) is 12.5 Å². The van der Waals surface area contributed by atoms with Crippen LogP contribution in [0.3, 0.4) is 0 Å². The fourth-order valence-electron chi connectivity index (χ4n) is 2.23. The van der Waals surface area contributed by atoms with Gasteiger partial charge in [0.2, 0.25) is 0 Å². The van der Waals surface area contributed by atoms with E-state index in [9.17, 15) is 4.79 Å².